The third-order valence-electron chi connectivity index (χ3n) is 5.21. The lowest BCUT2D eigenvalue weighted by Crippen LogP contribution is -2.16. The molecule has 3 rings (SSSR count). The molecule has 0 saturated heterocycles. The molecule has 1 fully saturated rings. The van der Waals surface area contributed by atoms with E-state index in [1.807, 2.05) is 0 Å². The minimum absolute atomic E-state index is 0.141. The van der Waals surface area contributed by atoms with Crippen LogP contribution < -0.4 is 0 Å². The molecule has 1 aromatic carbocycles. The molecule has 110 valence electrons. The maximum Gasteiger partial charge on any atom is 0.0583 e. The van der Waals surface area contributed by atoms with Gasteiger partial charge in [-0.25, -0.2) is 0 Å². The van der Waals surface area contributed by atoms with Gasteiger partial charge in [0.05, 0.1) is 6.10 Å². The lowest BCUT2D eigenvalue weighted by molar-refractivity contribution is 0.137. The summed E-state index contributed by atoms with van der Waals surface area (Å²) in [6.07, 6.45) is 13.7. The van der Waals surface area contributed by atoms with Crippen LogP contribution in [0.2, 0.25) is 0 Å². The van der Waals surface area contributed by atoms with Crippen molar-refractivity contribution in [1.29, 1.82) is 0 Å². The van der Waals surface area contributed by atoms with E-state index in [1.54, 1.807) is 0 Å². The Labute approximate surface area is 123 Å². The van der Waals surface area contributed by atoms with Gasteiger partial charge < -0.3 is 5.11 Å². The molecule has 1 N–H and O–H groups in total. The van der Waals surface area contributed by atoms with Crippen molar-refractivity contribution in [1.82, 2.24) is 0 Å². The minimum Gasteiger partial charge on any atom is -0.393 e. The molecule has 0 heterocycles. The first-order valence-corrected chi connectivity index (χ1v) is 8.60. The second-order valence-electron chi connectivity index (χ2n) is 6.91. The molecule has 1 unspecified atom stereocenters. The first kappa shape index (κ1) is 14.1. The van der Waals surface area contributed by atoms with Crippen molar-refractivity contribution in [3.63, 3.8) is 0 Å². The highest BCUT2D eigenvalue weighted by Gasteiger charge is 2.18. The highest BCUT2D eigenvalue weighted by Crippen LogP contribution is 2.28. The average Bonchev–Trinajstić information content (AvgIpc) is 2.75. The van der Waals surface area contributed by atoms with Gasteiger partial charge in [-0.05, 0) is 54.7 Å². The zero-order valence-electron chi connectivity index (χ0n) is 12.6. The first-order valence-electron chi connectivity index (χ1n) is 8.60. The van der Waals surface area contributed by atoms with Crippen LogP contribution in [0, 0.1) is 5.92 Å². The van der Waals surface area contributed by atoms with Crippen LogP contribution in [0.1, 0.15) is 68.1 Å². The standard InChI is InChI=1S/C19H28O/c20-19(13-15-6-3-1-2-4-7-15)14-16-10-11-17-8-5-9-18(17)12-16/h10-12,15,19-20H,1-9,13-14H2. The maximum atomic E-state index is 10.4. The summed E-state index contributed by atoms with van der Waals surface area (Å²) in [7, 11) is 0. The monoisotopic (exact) mass is 272 g/mol. The van der Waals surface area contributed by atoms with Gasteiger partial charge in [0, 0.05) is 0 Å². The normalized spacial score (nSPS) is 21.4. The van der Waals surface area contributed by atoms with Crippen LogP contribution in [0.3, 0.4) is 0 Å². The highest BCUT2D eigenvalue weighted by atomic mass is 16.3. The Morgan fingerprint density at radius 2 is 1.70 bits per heavy atom. The number of hydrogen-bond acceptors (Lipinski definition) is 1. The van der Waals surface area contributed by atoms with E-state index in [9.17, 15) is 5.11 Å². The second kappa shape index (κ2) is 6.76. The van der Waals surface area contributed by atoms with Crippen molar-refractivity contribution < 1.29 is 5.11 Å². The fourth-order valence-electron chi connectivity index (χ4n) is 4.09. The number of aryl methyl sites for hydroxylation is 2. The largest absolute Gasteiger partial charge is 0.393 e. The topological polar surface area (TPSA) is 20.2 Å². The molecule has 0 aliphatic heterocycles. The number of benzene rings is 1. The van der Waals surface area contributed by atoms with Crippen molar-refractivity contribution in [2.45, 2.75) is 76.7 Å². The lowest BCUT2D eigenvalue weighted by Gasteiger charge is -2.19. The Morgan fingerprint density at radius 1 is 0.950 bits per heavy atom. The van der Waals surface area contributed by atoms with Crippen molar-refractivity contribution in [3.8, 4) is 0 Å². The smallest absolute Gasteiger partial charge is 0.0583 e. The summed E-state index contributed by atoms with van der Waals surface area (Å²) in [5.41, 5.74) is 4.41. The predicted molar refractivity (Wildman–Crippen MR) is 84.0 cm³/mol. The van der Waals surface area contributed by atoms with E-state index in [-0.39, 0.29) is 6.10 Å². The molecular weight excluding hydrogens is 244 g/mol. The number of hydrogen-bond donors (Lipinski definition) is 1. The Kier molecular flexibility index (Phi) is 4.77. The van der Waals surface area contributed by atoms with Crippen LogP contribution in [0.5, 0.6) is 0 Å². The van der Waals surface area contributed by atoms with Gasteiger partial charge >= 0.3 is 0 Å². The van der Waals surface area contributed by atoms with E-state index < -0.39 is 0 Å². The zero-order valence-corrected chi connectivity index (χ0v) is 12.6. The molecule has 0 bridgehead atoms. The molecule has 0 aromatic heterocycles. The molecular formula is C19H28O. The van der Waals surface area contributed by atoms with Gasteiger partial charge in [0.25, 0.3) is 0 Å². The first-order chi connectivity index (χ1) is 9.81. The van der Waals surface area contributed by atoms with E-state index in [0.29, 0.717) is 0 Å². The SMILES string of the molecule is OC(Cc1ccc2c(c1)CCC2)CC1CCCCCC1. The summed E-state index contributed by atoms with van der Waals surface area (Å²) >= 11 is 0. The van der Waals surface area contributed by atoms with Gasteiger partial charge in [0.15, 0.2) is 0 Å². The highest BCUT2D eigenvalue weighted by molar-refractivity contribution is 5.35. The van der Waals surface area contributed by atoms with Crippen LogP contribution >= 0.6 is 0 Å². The molecule has 1 aromatic rings. The number of aliphatic hydroxyl groups is 1. The Balaban J connectivity index is 1.54. The van der Waals surface area contributed by atoms with Gasteiger partial charge in [-0.3, -0.25) is 0 Å². The molecule has 0 spiro atoms. The quantitative estimate of drug-likeness (QED) is 0.803. The molecule has 2 aliphatic rings. The Bertz CT molecular complexity index is 429. The third-order valence-corrected chi connectivity index (χ3v) is 5.21. The number of rotatable bonds is 4. The van der Waals surface area contributed by atoms with Crippen molar-refractivity contribution >= 4 is 0 Å². The Hall–Kier alpha value is -0.820. The minimum atomic E-state index is -0.141. The Morgan fingerprint density at radius 3 is 2.50 bits per heavy atom. The molecule has 20 heavy (non-hydrogen) atoms. The van der Waals surface area contributed by atoms with E-state index in [4.69, 9.17) is 0 Å². The van der Waals surface area contributed by atoms with Gasteiger partial charge in [-0.2, -0.15) is 0 Å². The van der Waals surface area contributed by atoms with E-state index in [1.165, 1.54) is 74.5 Å². The third kappa shape index (κ3) is 3.63. The van der Waals surface area contributed by atoms with Gasteiger partial charge in [0.2, 0.25) is 0 Å². The van der Waals surface area contributed by atoms with Crippen molar-refractivity contribution in [2.24, 2.45) is 5.92 Å². The van der Waals surface area contributed by atoms with Gasteiger partial charge in [-0.15, -0.1) is 0 Å². The van der Waals surface area contributed by atoms with Crippen LogP contribution in [0.15, 0.2) is 18.2 Å². The molecule has 1 saturated carbocycles. The van der Waals surface area contributed by atoms with Gasteiger partial charge in [-0.1, -0.05) is 56.7 Å². The molecule has 1 heteroatoms. The fourth-order valence-corrected chi connectivity index (χ4v) is 4.09. The maximum absolute atomic E-state index is 10.4. The summed E-state index contributed by atoms with van der Waals surface area (Å²) in [4.78, 5) is 0. The summed E-state index contributed by atoms with van der Waals surface area (Å²) < 4.78 is 0. The fraction of sp³-hybridized carbons (Fsp3) is 0.684. The van der Waals surface area contributed by atoms with E-state index >= 15 is 0 Å². The van der Waals surface area contributed by atoms with Crippen molar-refractivity contribution in [2.75, 3.05) is 0 Å². The van der Waals surface area contributed by atoms with E-state index in [0.717, 1.165) is 18.8 Å². The van der Waals surface area contributed by atoms with E-state index in [2.05, 4.69) is 18.2 Å². The summed E-state index contributed by atoms with van der Waals surface area (Å²) in [6, 6.07) is 6.87. The molecule has 1 atom stereocenters. The number of fused-ring (bicyclic) bond motifs is 1. The summed E-state index contributed by atoms with van der Waals surface area (Å²) in [5.74, 6) is 0.766. The van der Waals surface area contributed by atoms with Gasteiger partial charge in [0.1, 0.15) is 0 Å². The zero-order chi connectivity index (χ0) is 13.8. The number of aliphatic hydroxyl groups excluding tert-OH is 1. The van der Waals surface area contributed by atoms with Crippen LogP contribution in [0.25, 0.3) is 0 Å². The molecule has 0 radical (unpaired) electrons. The average molecular weight is 272 g/mol. The summed E-state index contributed by atoms with van der Waals surface area (Å²) in [6.45, 7) is 0. The molecule has 1 nitrogen and oxygen atoms in total. The lowest BCUT2D eigenvalue weighted by atomic mass is 9.91. The summed E-state index contributed by atoms with van der Waals surface area (Å²) in [5, 5.41) is 10.4. The molecule has 0 amide bonds. The van der Waals surface area contributed by atoms with Crippen molar-refractivity contribution in [3.05, 3.63) is 34.9 Å². The van der Waals surface area contributed by atoms with Crippen LogP contribution in [-0.4, -0.2) is 11.2 Å². The second-order valence-corrected chi connectivity index (χ2v) is 6.91. The van der Waals surface area contributed by atoms with Crippen LogP contribution in [0.4, 0.5) is 0 Å². The molecule has 2 aliphatic carbocycles. The predicted octanol–water partition coefficient (Wildman–Crippen LogP) is 4.44. The van der Waals surface area contributed by atoms with Crippen LogP contribution in [-0.2, 0) is 19.3 Å².